The molecular weight excluding hydrogens is 1220 g/mol. The number of para-hydroxylation sites is 2. The summed E-state index contributed by atoms with van der Waals surface area (Å²) >= 11 is 0. The summed E-state index contributed by atoms with van der Waals surface area (Å²) in [5.74, 6) is -11.1. The van der Waals surface area contributed by atoms with Gasteiger partial charge in [0.15, 0.2) is 5.78 Å². The van der Waals surface area contributed by atoms with Gasteiger partial charge in [-0.25, -0.2) is 0 Å². The van der Waals surface area contributed by atoms with Crippen molar-refractivity contribution >= 4 is 86.7 Å². The highest BCUT2D eigenvalue weighted by Gasteiger charge is 2.38. The average molecular weight is 1300 g/mol. The molecule has 2 heterocycles. The number of aromatic amines is 2. The van der Waals surface area contributed by atoms with Gasteiger partial charge >= 0.3 is 5.97 Å². The molecule has 0 aliphatic rings. The number of phenols is 2. The predicted molar refractivity (Wildman–Crippen MR) is 351 cm³/mol. The molecule has 0 spiro atoms. The summed E-state index contributed by atoms with van der Waals surface area (Å²) in [7, 11) is 0. The Balaban J connectivity index is 1.17. The second kappa shape index (κ2) is 33.1. The van der Waals surface area contributed by atoms with Crippen LogP contribution < -0.4 is 47.9 Å². The Morgan fingerprint density at radius 2 is 0.821 bits per heavy atom. The fourth-order valence-corrected chi connectivity index (χ4v) is 10.6. The molecule has 7 rings (SSSR count). The summed E-state index contributed by atoms with van der Waals surface area (Å²) in [6, 6.07) is 22.1. The van der Waals surface area contributed by atoms with E-state index in [-0.39, 0.29) is 49.4 Å². The Morgan fingerprint density at radius 1 is 0.442 bits per heavy atom. The van der Waals surface area contributed by atoms with Gasteiger partial charge in [-0.05, 0) is 76.6 Å². The lowest BCUT2D eigenvalue weighted by Crippen LogP contribution is -2.62. The number of amides is 9. The Morgan fingerprint density at radius 3 is 1.25 bits per heavy atom. The quantitative estimate of drug-likeness (QED) is 0.0288. The largest absolute Gasteiger partial charge is 0.508 e. The molecule has 9 amide bonds. The molecule has 0 bridgehead atoms. The molecule has 1 unspecified atom stereocenters. The fraction of sp³-hybridized carbons (Fsp3) is 0.348. The van der Waals surface area contributed by atoms with E-state index < -0.39 is 138 Å². The molecule has 0 aliphatic heterocycles. The van der Waals surface area contributed by atoms with Crippen LogP contribution in [0.5, 0.6) is 11.5 Å². The summed E-state index contributed by atoms with van der Waals surface area (Å²) in [6.07, 6.45) is 1.35. The second-order valence-corrected chi connectivity index (χ2v) is 24.6. The second-order valence-electron chi connectivity index (χ2n) is 24.6. The van der Waals surface area contributed by atoms with Crippen molar-refractivity contribution in [1.29, 1.82) is 0 Å². The number of carboxylic acids is 1. The molecule has 2 aromatic heterocycles. The number of carboxylic acid groups (broad SMARTS) is 1. The highest BCUT2D eigenvalue weighted by atomic mass is 16.4. The van der Waals surface area contributed by atoms with Crippen LogP contribution in [-0.2, 0) is 84.8 Å². The van der Waals surface area contributed by atoms with Crippen LogP contribution in [0.25, 0.3) is 21.8 Å². The van der Waals surface area contributed by atoms with Crippen LogP contribution in [0.15, 0.2) is 140 Å². The number of aliphatic carboxylic acids is 1. The van der Waals surface area contributed by atoms with E-state index in [1.807, 2.05) is 36.4 Å². The van der Waals surface area contributed by atoms with E-state index in [1.54, 1.807) is 89.5 Å². The first kappa shape index (κ1) is 71.5. The lowest BCUT2D eigenvalue weighted by Gasteiger charge is -2.30. The topological polar surface area (TPSA) is 409 Å². The normalized spacial score (nSPS) is 13.9. The van der Waals surface area contributed by atoms with Crippen LogP contribution in [-0.4, -0.2) is 157 Å². The zero-order valence-electron chi connectivity index (χ0n) is 53.4. The number of Topliss-reactive ketones (excluding diaryl/α,β-unsaturated/α-hetero) is 1. The number of aliphatic hydroxyl groups is 1. The van der Waals surface area contributed by atoms with Crippen molar-refractivity contribution in [3.05, 3.63) is 168 Å². The van der Waals surface area contributed by atoms with Crippen molar-refractivity contribution in [1.82, 2.24) is 57.8 Å². The Bertz CT molecular complexity index is 3880. The number of aromatic nitrogens is 2. The van der Waals surface area contributed by atoms with E-state index in [0.717, 1.165) is 16.5 Å². The average Bonchev–Trinajstić information content (AvgIpc) is 1.53. The van der Waals surface area contributed by atoms with Crippen molar-refractivity contribution in [2.75, 3.05) is 13.2 Å². The number of hydrogen-bond donors (Lipinski definition) is 15. The lowest BCUT2D eigenvalue weighted by atomic mass is 9.84. The van der Waals surface area contributed by atoms with E-state index >= 15 is 4.79 Å². The van der Waals surface area contributed by atoms with Gasteiger partial charge in [-0.3, -0.25) is 52.7 Å². The predicted octanol–water partition coefficient (Wildman–Crippen LogP) is 2.33. The first-order chi connectivity index (χ1) is 45.1. The molecule has 5 aromatic carbocycles. The van der Waals surface area contributed by atoms with Gasteiger partial charge in [-0.2, -0.15) is 0 Å². The molecule has 0 aliphatic carbocycles. The van der Waals surface area contributed by atoms with Gasteiger partial charge in [0.2, 0.25) is 53.2 Å². The van der Waals surface area contributed by atoms with Gasteiger partial charge in [0.1, 0.15) is 53.8 Å². The van der Waals surface area contributed by atoms with Crippen LogP contribution in [0.1, 0.15) is 75.8 Å². The smallest absolute Gasteiger partial charge is 0.305 e. The maximum Gasteiger partial charge on any atom is 0.305 e. The molecule has 0 saturated carbocycles. The van der Waals surface area contributed by atoms with Crippen LogP contribution >= 0.6 is 0 Å². The van der Waals surface area contributed by atoms with Crippen LogP contribution in [0.4, 0.5) is 0 Å². The molecule has 0 fully saturated rings. The summed E-state index contributed by atoms with van der Waals surface area (Å²) < 4.78 is 0. The highest BCUT2D eigenvalue weighted by molar-refractivity contribution is 6.00. The Hall–Kier alpha value is -10.9. The van der Waals surface area contributed by atoms with Gasteiger partial charge < -0.3 is 78.2 Å². The van der Waals surface area contributed by atoms with Gasteiger partial charge in [0.05, 0.1) is 25.6 Å². The maximum atomic E-state index is 15.1. The number of nitrogens with one attached hydrogen (secondary N) is 11. The van der Waals surface area contributed by atoms with Gasteiger partial charge in [0, 0.05) is 72.2 Å². The summed E-state index contributed by atoms with van der Waals surface area (Å²) in [4.78, 5) is 160. The number of hydrogen-bond acceptors (Lipinski definition) is 14. The number of aliphatic hydroxyl groups excluding tert-OH is 1. The fourth-order valence-electron chi connectivity index (χ4n) is 10.6. The first-order valence-electron chi connectivity index (χ1n) is 30.9. The molecule has 26 nitrogen and oxygen atoms in total. The maximum absolute atomic E-state index is 15.1. The third kappa shape index (κ3) is 20.8. The zero-order chi connectivity index (χ0) is 69.1. The molecular formula is C69H81N11O15. The summed E-state index contributed by atoms with van der Waals surface area (Å²) in [6.45, 7) is 8.03. The van der Waals surface area contributed by atoms with E-state index in [0.29, 0.717) is 33.2 Å². The molecule has 26 heteroatoms. The van der Waals surface area contributed by atoms with Crippen molar-refractivity contribution in [3.8, 4) is 11.5 Å². The number of carbonyl (C=O) groups excluding carboxylic acids is 10. The minimum Gasteiger partial charge on any atom is -0.508 e. The van der Waals surface area contributed by atoms with Crippen molar-refractivity contribution in [2.24, 2.45) is 11.3 Å². The summed E-state index contributed by atoms with van der Waals surface area (Å²) in [5, 5.41) is 65.3. The molecule has 15 N–H and O–H groups in total. The number of benzene rings is 5. The van der Waals surface area contributed by atoms with E-state index in [4.69, 9.17) is 0 Å². The minimum absolute atomic E-state index is 0.0911. The molecule has 0 saturated heterocycles. The molecule has 502 valence electrons. The van der Waals surface area contributed by atoms with Crippen LogP contribution in [0.3, 0.4) is 0 Å². The van der Waals surface area contributed by atoms with E-state index in [9.17, 15) is 68.4 Å². The first-order valence-corrected chi connectivity index (χ1v) is 30.9. The third-order valence-electron chi connectivity index (χ3n) is 15.7. The zero-order valence-corrected chi connectivity index (χ0v) is 53.4. The Kier molecular flexibility index (Phi) is 24.9. The molecule has 8 atom stereocenters. The number of H-pyrrole nitrogens is 2. The lowest BCUT2D eigenvalue weighted by molar-refractivity contribution is -0.141. The van der Waals surface area contributed by atoms with E-state index in [2.05, 4.69) is 57.8 Å². The monoisotopic (exact) mass is 1300 g/mol. The number of fused-ring (bicyclic) bond motifs is 2. The number of rotatable bonds is 32. The highest BCUT2D eigenvalue weighted by Crippen LogP contribution is 2.24. The molecule has 7 aromatic rings. The number of aromatic hydroxyl groups is 2. The van der Waals surface area contributed by atoms with Gasteiger partial charge in [0.25, 0.3) is 0 Å². The molecule has 0 radical (unpaired) electrons. The van der Waals surface area contributed by atoms with Crippen LogP contribution in [0.2, 0.25) is 0 Å². The van der Waals surface area contributed by atoms with E-state index in [1.165, 1.54) is 55.5 Å². The number of carbonyl (C=O) groups is 11. The SMILES string of the molecule is CC(=O)NCC(=O)N[C@@H](CO)C(=O)N[C@@H](Cc1ccc(O)cc1)C(=O)N[C@@H](Cc1c[nH]c2ccccc12)C(=O)N[C@@H](Cc1ccc(O)cc1)C(=O)N[C@@H](CC(=O)O)C(=O)NC(C(=O)N[C@@H](Cc1c[nH]c2ccccc12)C(=O)N[C@@H](Cc1ccccc1)C(=O)C(C)(C)C)C(C)C. The number of phenolic OH excluding ortho intramolecular Hbond substituents is 2. The Labute approximate surface area is 547 Å². The molecule has 95 heavy (non-hydrogen) atoms. The van der Waals surface area contributed by atoms with Crippen molar-refractivity contribution in [2.45, 2.75) is 128 Å². The minimum atomic E-state index is -1.94. The standard InChI is InChI=1S/C69H81N11O15/c1-38(2)60(68(95)79-55(32-44-35-72-50-19-13-11-17-48(44)50)64(91)74-51(61(88)69(4,5)6)28-40-14-8-7-9-15-40)80-66(93)56(33-59(86)87)78-63(90)52(29-41-20-24-45(83)25-21-41)75-65(92)54(31-43-34-71-49-18-12-10-16-47(43)49)77-62(89)53(30-42-22-26-46(84)27-23-42)76-67(94)57(37-81)73-58(85)36-70-39(3)82/h7-27,34-35,38,51-57,60,71-72,81,83-84H,28-33,36-37H2,1-6H3,(H,70,82)(H,73,85)(H,74,91)(H,75,92)(H,76,94)(H,77,89)(H,78,90)(H,79,95)(H,80,93)(H,86,87)/t51-,52-,53-,54-,55-,56-,57-,60?/m0/s1. The van der Waals surface area contributed by atoms with Crippen LogP contribution in [0, 0.1) is 11.3 Å². The third-order valence-corrected chi connectivity index (χ3v) is 15.7. The van der Waals surface area contributed by atoms with Gasteiger partial charge in [-0.1, -0.05) is 126 Å². The van der Waals surface area contributed by atoms with Gasteiger partial charge in [-0.15, -0.1) is 0 Å². The number of ketones is 1. The van der Waals surface area contributed by atoms with Crippen molar-refractivity contribution in [3.63, 3.8) is 0 Å². The summed E-state index contributed by atoms with van der Waals surface area (Å²) in [5.41, 5.74) is 3.13. The van der Waals surface area contributed by atoms with Crippen molar-refractivity contribution < 1.29 is 73.2 Å².